The molecule has 0 spiro atoms. The SMILES string of the molecule is C[C@H]1CCCN(S(=O)(=O)c2cc3cc(F)ccc3oc2=O)C1. The first-order valence-corrected chi connectivity index (χ1v) is 8.55. The van der Waals surface area contributed by atoms with Crippen LogP contribution in [0.5, 0.6) is 0 Å². The number of hydrogen-bond acceptors (Lipinski definition) is 4. The number of benzene rings is 1. The quantitative estimate of drug-likeness (QED) is 0.795. The van der Waals surface area contributed by atoms with E-state index in [9.17, 15) is 17.6 Å². The molecule has 1 aromatic carbocycles. The van der Waals surface area contributed by atoms with Gasteiger partial charge in [0, 0.05) is 18.5 Å². The molecule has 118 valence electrons. The number of fused-ring (bicyclic) bond motifs is 1. The normalized spacial score (nSPS) is 20.4. The molecule has 0 unspecified atom stereocenters. The molecule has 22 heavy (non-hydrogen) atoms. The van der Waals surface area contributed by atoms with Gasteiger partial charge in [0.1, 0.15) is 11.4 Å². The van der Waals surface area contributed by atoms with E-state index < -0.39 is 26.4 Å². The lowest BCUT2D eigenvalue weighted by atomic mass is 10.0. The highest BCUT2D eigenvalue weighted by molar-refractivity contribution is 7.89. The van der Waals surface area contributed by atoms with Gasteiger partial charge in [-0.25, -0.2) is 17.6 Å². The third-order valence-corrected chi connectivity index (χ3v) is 5.75. The Bertz CT molecular complexity index is 875. The van der Waals surface area contributed by atoms with E-state index in [1.807, 2.05) is 6.92 Å². The van der Waals surface area contributed by atoms with Crippen molar-refractivity contribution in [2.75, 3.05) is 13.1 Å². The van der Waals surface area contributed by atoms with Crippen molar-refractivity contribution >= 4 is 21.0 Å². The second-order valence-corrected chi connectivity index (χ2v) is 7.60. The van der Waals surface area contributed by atoms with Gasteiger partial charge in [-0.15, -0.1) is 0 Å². The van der Waals surface area contributed by atoms with Gasteiger partial charge in [-0.05, 0) is 43.0 Å². The molecule has 0 saturated carbocycles. The van der Waals surface area contributed by atoms with Gasteiger partial charge in [-0.3, -0.25) is 0 Å². The zero-order valence-corrected chi connectivity index (χ0v) is 12.9. The van der Waals surface area contributed by atoms with Gasteiger partial charge < -0.3 is 4.42 Å². The maximum Gasteiger partial charge on any atom is 0.356 e. The van der Waals surface area contributed by atoms with Crippen LogP contribution in [0.15, 0.2) is 38.4 Å². The number of nitrogens with zero attached hydrogens (tertiary/aromatic N) is 1. The summed E-state index contributed by atoms with van der Waals surface area (Å²) in [6.07, 6.45) is 1.72. The van der Waals surface area contributed by atoms with Crippen molar-refractivity contribution in [2.24, 2.45) is 5.92 Å². The molecule has 0 radical (unpaired) electrons. The van der Waals surface area contributed by atoms with Crippen molar-refractivity contribution in [3.05, 3.63) is 40.5 Å². The summed E-state index contributed by atoms with van der Waals surface area (Å²) in [7, 11) is -3.93. The molecule has 0 aliphatic carbocycles. The summed E-state index contributed by atoms with van der Waals surface area (Å²) in [4.78, 5) is 11.6. The summed E-state index contributed by atoms with van der Waals surface area (Å²) in [5, 5.41) is 0.253. The number of halogens is 1. The molecule has 1 aromatic heterocycles. The van der Waals surface area contributed by atoms with Gasteiger partial charge in [0.2, 0.25) is 10.0 Å². The fourth-order valence-corrected chi connectivity index (χ4v) is 4.39. The minimum absolute atomic E-state index is 0.164. The average Bonchev–Trinajstić information content (AvgIpc) is 2.47. The molecule has 1 atom stereocenters. The van der Waals surface area contributed by atoms with E-state index >= 15 is 0 Å². The summed E-state index contributed by atoms with van der Waals surface area (Å²) in [6, 6.07) is 4.81. The van der Waals surface area contributed by atoms with Crippen LogP contribution in [0.1, 0.15) is 19.8 Å². The van der Waals surface area contributed by atoms with E-state index in [1.54, 1.807) is 0 Å². The molecule has 2 heterocycles. The van der Waals surface area contributed by atoms with E-state index in [1.165, 1.54) is 16.4 Å². The zero-order chi connectivity index (χ0) is 15.9. The molecule has 1 aliphatic rings. The molecule has 1 aliphatic heterocycles. The Morgan fingerprint density at radius 2 is 2.09 bits per heavy atom. The largest absolute Gasteiger partial charge is 0.422 e. The van der Waals surface area contributed by atoms with Gasteiger partial charge in [0.05, 0.1) is 0 Å². The van der Waals surface area contributed by atoms with Crippen LogP contribution < -0.4 is 5.63 Å². The summed E-state index contributed by atoms with van der Waals surface area (Å²) in [5.74, 6) is -0.273. The standard InChI is InChI=1S/C15H16FNO4S/c1-10-3-2-6-17(9-10)22(19,20)14-8-11-7-12(16)4-5-13(11)21-15(14)18/h4-5,7-8,10H,2-3,6,9H2,1H3/t10-/m0/s1. The van der Waals surface area contributed by atoms with Gasteiger partial charge in [0.15, 0.2) is 4.90 Å². The first kappa shape index (κ1) is 15.2. The molecule has 0 amide bonds. The smallest absolute Gasteiger partial charge is 0.356 e. The molecule has 1 saturated heterocycles. The van der Waals surface area contributed by atoms with Gasteiger partial charge in [-0.2, -0.15) is 4.31 Å². The first-order chi connectivity index (χ1) is 10.4. The predicted molar refractivity (Wildman–Crippen MR) is 79.6 cm³/mol. The van der Waals surface area contributed by atoms with Crippen molar-refractivity contribution < 1.29 is 17.2 Å². The lowest BCUT2D eigenvalue weighted by Crippen LogP contribution is -2.40. The van der Waals surface area contributed by atoms with E-state index in [4.69, 9.17) is 4.42 Å². The topological polar surface area (TPSA) is 67.6 Å². The molecule has 0 N–H and O–H groups in total. The molecule has 7 heteroatoms. The Labute approximate surface area is 127 Å². The van der Waals surface area contributed by atoms with Gasteiger partial charge in [0.25, 0.3) is 0 Å². The van der Waals surface area contributed by atoms with Crippen LogP contribution in [0.3, 0.4) is 0 Å². The van der Waals surface area contributed by atoms with Crippen LogP contribution >= 0.6 is 0 Å². The van der Waals surface area contributed by atoms with E-state index in [-0.39, 0.29) is 16.9 Å². The molecular formula is C15H16FNO4S. The van der Waals surface area contributed by atoms with Crippen molar-refractivity contribution in [1.82, 2.24) is 4.31 Å². The third-order valence-electron chi connectivity index (χ3n) is 3.90. The van der Waals surface area contributed by atoms with E-state index in [0.717, 1.165) is 25.0 Å². The van der Waals surface area contributed by atoms with Crippen LogP contribution in [-0.4, -0.2) is 25.8 Å². The average molecular weight is 325 g/mol. The maximum atomic E-state index is 13.3. The van der Waals surface area contributed by atoms with Gasteiger partial charge >= 0.3 is 5.63 Å². The Morgan fingerprint density at radius 1 is 1.32 bits per heavy atom. The van der Waals surface area contributed by atoms with Crippen LogP contribution in [0.25, 0.3) is 11.0 Å². The molecule has 1 fully saturated rings. The van der Waals surface area contributed by atoms with E-state index in [0.29, 0.717) is 13.1 Å². The lowest BCUT2D eigenvalue weighted by Gasteiger charge is -2.29. The summed E-state index contributed by atoms with van der Waals surface area (Å²) in [6.45, 7) is 2.73. The fourth-order valence-electron chi connectivity index (χ4n) is 2.76. The van der Waals surface area contributed by atoms with E-state index in [2.05, 4.69) is 0 Å². The molecular weight excluding hydrogens is 309 g/mol. The van der Waals surface area contributed by atoms with Crippen LogP contribution in [0.2, 0.25) is 0 Å². The summed E-state index contributed by atoms with van der Waals surface area (Å²) < 4.78 is 44.9. The van der Waals surface area contributed by atoms with Gasteiger partial charge in [-0.1, -0.05) is 6.92 Å². The highest BCUT2D eigenvalue weighted by Crippen LogP contribution is 2.24. The van der Waals surface area contributed by atoms with Crippen LogP contribution in [0, 0.1) is 11.7 Å². The Morgan fingerprint density at radius 3 is 2.82 bits per heavy atom. The van der Waals surface area contributed by atoms with Crippen LogP contribution in [0.4, 0.5) is 4.39 Å². The molecule has 5 nitrogen and oxygen atoms in total. The third kappa shape index (κ3) is 2.66. The fraction of sp³-hybridized carbons (Fsp3) is 0.400. The molecule has 2 aromatic rings. The maximum absolute atomic E-state index is 13.3. The Kier molecular flexibility index (Phi) is 3.78. The monoisotopic (exact) mass is 325 g/mol. The minimum Gasteiger partial charge on any atom is -0.422 e. The summed E-state index contributed by atoms with van der Waals surface area (Å²) >= 11 is 0. The Hall–Kier alpha value is -1.73. The number of sulfonamides is 1. The summed E-state index contributed by atoms with van der Waals surface area (Å²) in [5.41, 5.74) is -0.755. The van der Waals surface area contributed by atoms with Crippen molar-refractivity contribution in [3.8, 4) is 0 Å². The highest BCUT2D eigenvalue weighted by Gasteiger charge is 2.31. The first-order valence-electron chi connectivity index (χ1n) is 7.11. The van der Waals surface area contributed by atoms with Crippen molar-refractivity contribution in [1.29, 1.82) is 0 Å². The second-order valence-electron chi connectivity index (χ2n) is 5.69. The number of piperidine rings is 1. The number of hydrogen-bond donors (Lipinski definition) is 0. The Balaban J connectivity index is 2.12. The second kappa shape index (κ2) is 5.48. The molecule has 0 bridgehead atoms. The van der Waals surface area contributed by atoms with Crippen molar-refractivity contribution in [3.63, 3.8) is 0 Å². The minimum atomic E-state index is -3.93. The number of rotatable bonds is 2. The van der Waals surface area contributed by atoms with Crippen LogP contribution in [-0.2, 0) is 10.0 Å². The zero-order valence-electron chi connectivity index (χ0n) is 12.1. The molecule has 3 rings (SSSR count). The lowest BCUT2D eigenvalue weighted by molar-refractivity contribution is 0.280. The van der Waals surface area contributed by atoms with Crippen molar-refractivity contribution in [2.45, 2.75) is 24.7 Å². The predicted octanol–water partition coefficient (Wildman–Crippen LogP) is 2.35. The highest BCUT2D eigenvalue weighted by atomic mass is 32.2.